The molecular weight excluding hydrogens is 192 g/mol. The van der Waals surface area contributed by atoms with Crippen molar-refractivity contribution >= 4 is 0 Å². The summed E-state index contributed by atoms with van der Waals surface area (Å²) in [6.45, 7) is 6.53. The highest BCUT2D eigenvalue weighted by Crippen LogP contribution is 2.11. The monoisotopic (exact) mass is 215 g/mol. The average molecular weight is 215 g/mol. The van der Waals surface area contributed by atoms with Gasteiger partial charge in [-0.15, -0.1) is 0 Å². The molecule has 0 aliphatic carbocycles. The minimum Gasteiger partial charge on any atom is -0.0760 e. The average Bonchev–Trinajstić information content (AvgIpc) is 2.26. The Hall–Kier alpha value is -1.04. The molecule has 0 nitrogen and oxygen atoms in total. The maximum Gasteiger partial charge on any atom is -0.0146 e. The van der Waals surface area contributed by atoms with Crippen molar-refractivity contribution in [3.05, 3.63) is 47.0 Å². The molecule has 0 atom stereocenters. The normalized spacial score (nSPS) is 11.2. The van der Waals surface area contributed by atoms with Gasteiger partial charge in [-0.05, 0) is 43.9 Å². The fourth-order valence-electron chi connectivity index (χ4n) is 1.83. The first kappa shape index (κ1) is 13.0. The van der Waals surface area contributed by atoms with Gasteiger partial charge in [0.25, 0.3) is 0 Å². The summed E-state index contributed by atoms with van der Waals surface area (Å²) in [5.41, 5.74) is 3.89. The lowest BCUT2D eigenvalue weighted by molar-refractivity contribution is 0.674. The van der Waals surface area contributed by atoms with Gasteiger partial charge < -0.3 is 0 Å². The van der Waals surface area contributed by atoms with Crippen molar-refractivity contribution in [2.45, 2.75) is 52.9 Å². The van der Waals surface area contributed by atoms with Crippen LogP contribution in [0.25, 0.3) is 0 Å². The minimum absolute atomic E-state index is 1.16. The third kappa shape index (κ3) is 4.65. The number of unbranched alkanes of at least 4 members (excludes halogenated alkanes) is 4. The molecule has 0 aliphatic heterocycles. The molecule has 0 saturated carbocycles. The SMILES string of the molecule is CCCCCC/C=[C]\c1ccc(C)cc1C. The fourth-order valence-corrected chi connectivity index (χ4v) is 1.83. The van der Waals surface area contributed by atoms with E-state index in [-0.39, 0.29) is 0 Å². The summed E-state index contributed by atoms with van der Waals surface area (Å²) in [7, 11) is 0. The number of rotatable bonds is 6. The topological polar surface area (TPSA) is 0 Å². The number of allylic oxidation sites excluding steroid dienone is 1. The summed E-state index contributed by atoms with van der Waals surface area (Å²) in [6, 6.07) is 6.53. The Kier molecular flexibility index (Phi) is 5.92. The second-order valence-electron chi connectivity index (χ2n) is 4.52. The van der Waals surface area contributed by atoms with Gasteiger partial charge in [0.1, 0.15) is 0 Å². The molecule has 0 N–H and O–H groups in total. The smallest absolute Gasteiger partial charge is 0.0146 e. The van der Waals surface area contributed by atoms with Crippen molar-refractivity contribution in [1.82, 2.24) is 0 Å². The predicted octanol–water partition coefficient (Wildman–Crippen LogP) is 4.98. The zero-order chi connectivity index (χ0) is 11.8. The summed E-state index contributed by atoms with van der Waals surface area (Å²) in [6.07, 6.45) is 12.1. The van der Waals surface area contributed by atoms with E-state index in [1.54, 1.807) is 0 Å². The number of aryl methyl sites for hydroxylation is 2. The molecule has 16 heavy (non-hydrogen) atoms. The first-order chi connectivity index (χ1) is 7.74. The third-order valence-corrected chi connectivity index (χ3v) is 2.84. The lowest BCUT2D eigenvalue weighted by Gasteiger charge is -2.01. The summed E-state index contributed by atoms with van der Waals surface area (Å²) < 4.78 is 0. The standard InChI is InChI=1S/C16H23/c1-4-5-6-7-8-9-10-16-12-11-14(2)13-15(16)3/h9,11-13H,4-8H2,1-3H3. The highest BCUT2D eigenvalue weighted by atomic mass is 14.0. The van der Waals surface area contributed by atoms with Crippen LogP contribution in [0.5, 0.6) is 0 Å². The van der Waals surface area contributed by atoms with Crippen LogP contribution in [0.1, 0.15) is 55.7 Å². The molecule has 1 rings (SSSR count). The second kappa shape index (κ2) is 7.27. The van der Waals surface area contributed by atoms with Crippen molar-refractivity contribution in [3.8, 4) is 0 Å². The predicted molar refractivity (Wildman–Crippen MR) is 71.6 cm³/mol. The molecule has 0 amide bonds. The lowest BCUT2D eigenvalue weighted by Crippen LogP contribution is -1.83. The molecule has 0 saturated heterocycles. The molecule has 1 aromatic carbocycles. The second-order valence-corrected chi connectivity index (χ2v) is 4.52. The van der Waals surface area contributed by atoms with Crippen molar-refractivity contribution in [1.29, 1.82) is 0 Å². The third-order valence-electron chi connectivity index (χ3n) is 2.84. The van der Waals surface area contributed by atoms with E-state index in [0.29, 0.717) is 0 Å². The van der Waals surface area contributed by atoms with Gasteiger partial charge in [-0.1, -0.05) is 56.0 Å². The Morgan fingerprint density at radius 2 is 1.94 bits per heavy atom. The quantitative estimate of drug-likeness (QED) is 0.587. The number of benzene rings is 1. The van der Waals surface area contributed by atoms with E-state index in [9.17, 15) is 0 Å². The molecule has 87 valence electrons. The van der Waals surface area contributed by atoms with Crippen molar-refractivity contribution in [2.75, 3.05) is 0 Å². The van der Waals surface area contributed by atoms with E-state index >= 15 is 0 Å². The van der Waals surface area contributed by atoms with Gasteiger partial charge in [0.15, 0.2) is 0 Å². The highest BCUT2D eigenvalue weighted by molar-refractivity contribution is 5.34. The minimum atomic E-state index is 1.16. The van der Waals surface area contributed by atoms with Gasteiger partial charge in [-0.3, -0.25) is 0 Å². The Morgan fingerprint density at radius 1 is 1.12 bits per heavy atom. The largest absolute Gasteiger partial charge is 0.0760 e. The van der Waals surface area contributed by atoms with E-state index in [1.165, 1.54) is 42.4 Å². The van der Waals surface area contributed by atoms with Crippen LogP contribution >= 0.6 is 0 Å². The molecule has 0 heterocycles. The zero-order valence-corrected chi connectivity index (χ0v) is 10.8. The van der Waals surface area contributed by atoms with Crippen LogP contribution < -0.4 is 0 Å². The summed E-state index contributed by atoms with van der Waals surface area (Å²) in [4.78, 5) is 0. The molecule has 0 spiro atoms. The van der Waals surface area contributed by atoms with E-state index < -0.39 is 0 Å². The summed E-state index contributed by atoms with van der Waals surface area (Å²) >= 11 is 0. The van der Waals surface area contributed by atoms with Gasteiger partial charge in [0.05, 0.1) is 0 Å². The first-order valence-electron chi connectivity index (χ1n) is 6.39. The Balaban J connectivity index is 2.38. The number of hydrogen-bond acceptors (Lipinski definition) is 0. The summed E-state index contributed by atoms with van der Waals surface area (Å²) in [5, 5.41) is 0. The lowest BCUT2D eigenvalue weighted by atomic mass is 10.0. The van der Waals surface area contributed by atoms with Crippen molar-refractivity contribution < 1.29 is 0 Å². The maximum absolute atomic E-state index is 3.39. The Morgan fingerprint density at radius 3 is 2.62 bits per heavy atom. The highest BCUT2D eigenvalue weighted by Gasteiger charge is 1.94. The fraction of sp³-hybridized carbons (Fsp3) is 0.500. The molecule has 0 heteroatoms. The van der Waals surface area contributed by atoms with Crippen molar-refractivity contribution in [3.63, 3.8) is 0 Å². The van der Waals surface area contributed by atoms with E-state index in [0.717, 1.165) is 6.42 Å². The van der Waals surface area contributed by atoms with Gasteiger partial charge in [-0.2, -0.15) is 0 Å². The molecule has 0 aliphatic rings. The van der Waals surface area contributed by atoms with Crippen LogP contribution in [0.2, 0.25) is 0 Å². The van der Waals surface area contributed by atoms with Crippen LogP contribution in [0, 0.1) is 19.9 Å². The van der Waals surface area contributed by atoms with E-state index in [2.05, 4.69) is 51.1 Å². The van der Waals surface area contributed by atoms with Gasteiger partial charge in [-0.25, -0.2) is 0 Å². The van der Waals surface area contributed by atoms with Crippen LogP contribution in [0.4, 0.5) is 0 Å². The Labute approximate surface area is 100 Å². The zero-order valence-electron chi connectivity index (χ0n) is 10.8. The van der Waals surface area contributed by atoms with Crippen molar-refractivity contribution in [2.24, 2.45) is 0 Å². The van der Waals surface area contributed by atoms with E-state index in [1.807, 2.05) is 0 Å². The Bertz CT molecular complexity index is 334. The molecular formula is C16H23. The maximum atomic E-state index is 3.39. The molecule has 0 aromatic heterocycles. The molecule has 0 bridgehead atoms. The first-order valence-corrected chi connectivity index (χ1v) is 6.39. The number of hydrogen-bond donors (Lipinski definition) is 0. The summed E-state index contributed by atoms with van der Waals surface area (Å²) in [5.74, 6) is 0. The van der Waals surface area contributed by atoms with Crippen LogP contribution in [0.3, 0.4) is 0 Å². The van der Waals surface area contributed by atoms with Crippen LogP contribution in [0.15, 0.2) is 24.3 Å². The molecule has 0 fully saturated rings. The molecule has 1 aromatic rings. The van der Waals surface area contributed by atoms with E-state index in [4.69, 9.17) is 0 Å². The van der Waals surface area contributed by atoms with Gasteiger partial charge in [0, 0.05) is 0 Å². The van der Waals surface area contributed by atoms with Gasteiger partial charge in [0.2, 0.25) is 0 Å². The van der Waals surface area contributed by atoms with Crippen LogP contribution in [-0.4, -0.2) is 0 Å². The molecule has 0 unspecified atom stereocenters. The molecule has 1 radical (unpaired) electrons. The van der Waals surface area contributed by atoms with Gasteiger partial charge >= 0.3 is 0 Å². The van der Waals surface area contributed by atoms with Crippen LogP contribution in [-0.2, 0) is 0 Å².